The molecule has 0 spiro atoms. The Morgan fingerprint density at radius 1 is 1.00 bits per heavy atom. The fourth-order valence-electron chi connectivity index (χ4n) is 3.97. The number of anilines is 3. The van der Waals surface area contributed by atoms with Crippen LogP contribution in [0, 0.1) is 12.8 Å². The van der Waals surface area contributed by atoms with Gasteiger partial charge in [0.2, 0.25) is 0 Å². The Hall–Kier alpha value is -2.10. The largest absolute Gasteiger partial charge is 0.356 e. The molecule has 2 aliphatic heterocycles. The van der Waals surface area contributed by atoms with Crippen LogP contribution in [0.2, 0.25) is 0 Å². The van der Waals surface area contributed by atoms with E-state index in [1.165, 1.54) is 24.1 Å². The molecule has 4 nitrogen and oxygen atoms in total. The predicted octanol–water partition coefficient (Wildman–Crippen LogP) is 4.10. The molecule has 4 heteroatoms. The number of hydrogen-bond acceptors (Lipinski definition) is 4. The van der Waals surface area contributed by atoms with E-state index in [9.17, 15) is 0 Å². The highest BCUT2D eigenvalue weighted by atomic mass is 15.3. The topological polar surface area (TPSA) is 32.3 Å². The van der Waals surface area contributed by atoms with Crippen molar-refractivity contribution in [2.24, 2.45) is 5.92 Å². The average Bonchev–Trinajstić information content (AvgIpc) is 2.90. The van der Waals surface area contributed by atoms with Crippen molar-refractivity contribution in [2.45, 2.75) is 46.1 Å². The monoisotopic (exact) mass is 322 g/mol. The molecule has 1 atom stereocenters. The van der Waals surface area contributed by atoms with Gasteiger partial charge in [0.1, 0.15) is 17.5 Å². The smallest absolute Gasteiger partial charge is 0.139 e. The van der Waals surface area contributed by atoms with Crippen LogP contribution in [0.25, 0.3) is 0 Å². The highest BCUT2D eigenvalue weighted by Gasteiger charge is 2.29. The molecular weight excluding hydrogens is 296 g/mol. The van der Waals surface area contributed by atoms with Crippen LogP contribution in [0.15, 0.2) is 30.3 Å². The van der Waals surface area contributed by atoms with E-state index in [1.807, 2.05) is 6.92 Å². The Labute approximate surface area is 144 Å². The number of hydrogen-bond donors (Lipinski definition) is 0. The summed E-state index contributed by atoms with van der Waals surface area (Å²) in [5.74, 6) is 3.81. The molecule has 1 aromatic heterocycles. The Bertz CT molecular complexity index is 734. The molecule has 0 aliphatic carbocycles. The number of aromatic nitrogens is 2. The van der Waals surface area contributed by atoms with Gasteiger partial charge in [0.05, 0.1) is 0 Å². The summed E-state index contributed by atoms with van der Waals surface area (Å²) >= 11 is 0. The van der Waals surface area contributed by atoms with Gasteiger partial charge in [-0.25, -0.2) is 9.97 Å². The van der Waals surface area contributed by atoms with Gasteiger partial charge < -0.3 is 9.80 Å². The van der Waals surface area contributed by atoms with Gasteiger partial charge in [0.25, 0.3) is 0 Å². The Balaban J connectivity index is 1.69. The van der Waals surface area contributed by atoms with Crippen LogP contribution >= 0.6 is 0 Å². The lowest BCUT2D eigenvalue weighted by molar-refractivity contribution is 0.436. The second-order valence-electron chi connectivity index (χ2n) is 7.35. The molecule has 0 amide bonds. The minimum Gasteiger partial charge on any atom is -0.356 e. The van der Waals surface area contributed by atoms with Crippen molar-refractivity contribution in [3.63, 3.8) is 0 Å². The summed E-state index contributed by atoms with van der Waals surface area (Å²) in [4.78, 5) is 14.3. The maximum atomic E-state index is 4.76. The fourth-order valence-corrected chi connectivity index (χ4v) is 3.97. The summed E-state index contributed by atoms with van der Waals surface area (Å²) in [5.41, 5.74) is 2.70. The van der Waals surface area contributed by atoms with Crippen molar-refractivity contribution in [2.75, 3.05) is 22.9 Å². The minimum absolute atomic E-state index is 0.436. The number of nitrogens with zero attached hydrogens (tertiary/aromatic N) is 4. The summed E-state index contributed by atoms with van der Waals surface area (Å²) < 4.78 is 0. The van der Waals surface area contributed by atoms with E-state index in [2.05, 4.69) is 54.0 Å². The van der Waals surface area contributed by atoms with E-state index in [4.69, 9.17) is 9.97 Å². The molecule has 0 radical (unpaired) electrons. The van der Waals surface area contributed by atoms with E-state index >= 15 is 0 Å². The Morgan fingerprint density at radius 2 is 1.71 bits per heavy atom. The van der Waals surface area contributed by atoms with E-state index in [-0.39, 0.29) is 0 Å². The third-order valence-corrected chi connectivity index (χ3v) is 5.37. The molecule has 1 saturated heterocycles. The number of para-hydroxylation sites is 1. The second-order valence-corrected chi connectivity index (χ2v) is 7.35. The van der Waals surface area contributed by atoms with Crippen LogP contribution in [0.1, 0.15) is 38.1 Å². The van der Waals surface area contributed by atoms with Crippen LogP contribution in [0.3, 0.4) is 0 Å². The zero-order valence-corrected chi connectivity index (χ0v) is 14.9. The number of aryl methyl sites for hydroxylation is 1. The lowest BCUT2D eigenvalue weighted by Crippen LogP contribution is -2.34. The van der Waals surface area contributed by atoms with Crippen molar-refractivity contribution in [1.29, 1.82) is 0 Å². The highest BCUT2D eigenvalue weighted by molar-refractivity contribution is 5.70. The van der Waals surface area contributed by atoms with Crippen LogP contribution in [0.5, 0.6) is 0 Å². The number of piperidine rings is 1. The summed E-state index contributed by atoms with van der Waals surface area (Å²) in [5, 5.41) is 0. The maximum Gasteiger partial charge on any atom is 0.139 e. The first-order valence-corrected chi connectivity index (χ1v) is 9.09. The molecule has 24 heavy (non-hydrogen) atoms. The average molecular weight is 322 g/mol. The molecule has 3 heterocycles. The second kappa shape index (κ2) is 6.08. The first kappa shape index (κ1) is 15.4. The van der Waals surface area contributed by atoms with Gasteiger partial charge in [0, 0.05) is 30.9 Å². The zero-order chi connectivity index (χ0) is 16.7. The van der Waals surface area contributed by atoms with Gasteiger partial charge in [-0.2, -0.15) is 0 Å². The van der Waals surface area contributed by atoms with Crippen molar-refractivity contribution in [1.82, 2.24) is 9.97 Å². The minimum atomic E-state index is 0.436. The van der Waals surface area contributed by atoms with Gasteiger partial charge in [-0.1, -0.05) is 25.1 Å². The number of fused-ring (bicyclic) bond motifs is 1. The fraction of sp³-hybridized carbons (Fsp3) is 0.500. The lowest BCUT2D eigenvalue weighted by atomic mass is 9.99. The van der Waals surface area contributed by atoms with E-state index < -0.39 is 0 Å². The van der Waals surface area contributed by atoms with Gasteiger partial charge in [-0.15, -0.1) is 0 Å². The molecular formula is C20H26N4. The first-order chi connectivity index (χ1) is 11.6. The van der Waals surface area contributed by atoms with Gasteiger partial charge >= 0.3 is 0 Å². The number of benzene rings is 1. The molecule has 1 aromatic carbocycles. The van der Waals surface area contributed by atoms with E-state index in [0.717, 1.165) is 42.9 Å². The lowest BCUT2D eigenvalue weighted by Gasteiger charge is -2.32. The molecule has 0 N–H and O–H groups in total. The van der Waals surface area contributed by atoms with E-state index in [1.54, 1.807) is 0 Å². The van der Waals surface area contributed by atoms with E-state index in [0.29, 0.717) is 6.04 Å². The summed E-state index contributed by atoms with van der Waals surface area (Å²) in [7, 11) is 0. The summed E-state index contributed by atoms with van der Waals surface area (Å²) in [6, 6.07) is 11.3. The van der Waals surface area contributed by atoms with Gasteiger partial charge in [-0.3, -0.25) is 0 Å². The maximum absolute atomic E-state index is 4.76. The van der Waals surface area contributed by atoms with Crippen LogP contribution in [-0.2, 0) is 6.42 Å². The van der Waals surface area contributed by atoms with Gasteiger partial charge in [-0.05, 0) is 50.7 Å². The third kappa shape index (κ3) is 2.74. The van der Waals surface area contributed by atoms with Crippen LogP contribution in [-0.4, -0.2) is 29.1 Å². The highest BCUT2D eigenvalue weighted by Crippen LogP contribution is 2.38. The Morgan fingerprint density at radius 3 is 2.50 bits per heavy atom. The van der Waals surface area contributed by atoms with Crippen molar-refractivity contribution >= 4 is 17.3 Å². The molecule has 1 unspecified atom stereocenters. The molecule has 0 bridgehead atoms. The van der Waals surface area contributed by atoms with Crippen LogP contribution in [0.4, 0.5) is 17.3 Å². The summed E-state index contributed by atoms with van der Waals surface area (Å²) in [6.45, 7) is 8.83. The van der Waals surface area contributed by atoms with Crippen molar-refractivity contribution in [3.8, 4) is 0 Å². The summed E-state index contributed by atoms with van der Waals surface area (Å²) in [6.07, 6.45) is 3.58. The van der Waals surface area contributed by atoms with Crippen molar-refractivity contribution < 1.29 is 0 Å². The van der Waals surface area contributed by atoms with Gasteiger partial charge in [0.15, 0.2) is 0 Å². The quantitative estimate of drug-likeness (QED) is 0.833. The predicted molar refractivity (Wildman–Crippen MR) is 99.1 cm³/mol. The zero-order valence-electron chi connectivity index (χ0n) is 14.9. The normalized spacial score (nSPS) is 21.2. The molecule has 126 valence electrons. The molecule has 2 aromatic rings. The SMILES string of the molecule is Cc1nc(N2CCC(C)CC2)cc(N2c3ccccc3CC2C)n1. The third-order valence-electron chi connectivity index (χ3n) is 5.37. The molecule has 4 rings (SSSR count). The molecule has 1 fully saturated rings. The van der Waals surface area contributed by atoms with Crippen LogP contribution < -0.4 is 9.80 Å². The van der Waals surface area contributed by atoms with Crippen molar-refractivity contribution in [3.05, 3.63) is 41.7 Å². The standard InChI is InChI=1S/C20H26N4/c1-14-8-10-23(11-9-14)19-13-20(22-16(3)21-19)24-15(2)12-17-6-4-5-7-18(17)24/h4-7,13-15H,8-12H2,1-3H3. The first-order valence-electron chi connectivity index (χ1n) is 9.09. The molecule has 0 saturated carbocycles. The number of rotatable bonds is 2. The molecule has 2 aliphatic rings. The Kier molecular flexibility index (Phi) is 3.91.